The van der Waals surface area contributed by atoms with Crippen LogP contribution in [0.5, 0.6) is 0 Å². The van der Waals surface area contributed by atoms with Gasteiger partial charge < -0.3 is 10.4 Å². The van der Waals surface area contributed by atoms with Crippen molar-refractivity contribution >= 4 is 11.4 Å². The van der Waals surface area contributed by atoms with Crippen LogP contribution in [-0.4, -0.2) is 38.2 Å². The van der Waals surface area contributed by atoms with Crippen molar-refractivity contribution in [1.82, 2.24) is 14.7 Å². The Bertz CT molecular complexity index is 991. The molecule has 0 aliphatic heterocycles. The van der Waals surface area contributed by atoms with Crippen LogP contribution >= 0.6 is 0 Å². The fourth-order valence-corrected chi connectivity index (χ4v) is 2.87. The highest BCUT2D eigenvalue weighted by Crippen LogP contribution is 2.29. The summed E-state index contributed by atoms with van der Waals surface area (Å²) < 4.78 is 54.4. The first-order chi connectivity index (χ1) is 13.0. The van der Waals surface area contributed by atoms with Crippen molar-refractivity contribution in [2.75, 3.05) is 0 Å². The molecule has 0 saturated carbocycles. The number of carbonyl (C=O) groups excluding carboxylic acids is 1. The first-order valence-electron chi connectivity index (χ1n) is 8.31. The van der Waals surface area contributed by atoms with E-state index < -0.39 is 29.5 Å². The normalized spacial score (nSPS) is 13.5. The number of aliphatic hydroxyl groups is 1. The molecule has 3 aromatic rings. The monoisotopic (exact) mass is 395 g/mol. The van der Waals surface area contributed by atoms with Crippen LogP contribution in [0.1, 0.15) is 24.5 Å². The molecular weight excluding hydrogens is 378 g/mol. The average Bonchev–Trinajstić information content (AvgIpc) is 2.98. The number of pyridine rings is 1. The molecule has 0 fully saturated rings. The van der Waals surface area contributed by atoms with Gasteiger partial charge in [0.1, 0.15) is 5.82 Å². The van der Waals surface area contributed by atoms with Crippen molar-refractivity contribution in [2.45, 2.75) is 31.7 Å². The molecule has 0 bridgehead atoms. The molecule has 1 amide bonds. The zero-order chi connectivity index (χ0) is 20.7. The van der Waals surface area contributed by atoms with E-state index in [9.17, 15) is 27.5 Å². The smallest absolute Gasteiger partial charge is 0.388 e. The van der Waals surface area contributed by atoms with Gasteiger partial charge in [0.25, 0.3) is 5.91 Å². The quantitative estimate of drug-likeness (QED) is 0.664. The van der Waals surface area contributed by atoms with E-state index in [0.717, 1.165) is 13.8 Å². The van der Waals surface area contributed by atoms with Crippen LogP contribution in [0.2, 0.25) is 0 Å². The minimum absolute atomic E-state index is 0.284. The minimum Gasteiger partial charge on any atom is -0.388 e. The third-order valence-corrected chi connectivity index (χ3v) is 4.18. The van der Waals surface area contributed by atoms with Crippen LogP contribution in [-0.2, 0) is 0 Å². The zero-order valence-corrected chi connectivity index (χ0v) is 15.0. The predicted octanol–water partition coefficient (Wildman–Crippen LogP) is 3.57. The zero-order valence-electron chi connectivity index (χ0n) is 15.0. The van der Waals surface area contributed by atoms with Crippen LogP contribution < -0.4 is 5.32 Å². The summed E-state index contributed by atoms with van der Waals surface area (Å²) in [7, 11) is 0. The van der Waals surface area contributed by atoms with E-state index in [1.807, 2.05) is 5.32 Å². The highest BCUT2D eigenvalue weighted by atomic mass is 19.4. The second-order valence-electron chi connectivity index (χ2n) is 6.85. The second kappa shape index (κ2) is 6.90. The maximum atomic E-state index is 13.3. The number of hydrogen-bond donors (Lipinski definition) is 2. The molecule has 28 heavy (non-hydrogen) atoms. The Morgan fingerprint density at radius 1 is 1.14 bits per heavy atom. The summed E-state index contributed by atoms with van der Waals surface area (Å²) in [5.74, 6) is -1.84. The third kappa shape index (κ3) is 3.84. The molecule has 5 nitrogen and oxygen atoms in total. The molecule has 1 aromatic carbocycles. The number of aromatic nitrogens is 2. The lowest BCUT2D eigenvalue weighted by atomic mass is 9.98. The summed E-state index contributed by atoms with van der Waals surface area (Å²) in [6.07, 6.45) is -3.38. The number of nitrogens with one attached hydrogen (secondary N) is 1. The lowest BCUT2D eigenvalue weighted by Gasteiger charge is -2.31. The van der Waals surface area contributed by atoms with Crippen molar-refractivity contribution in [3.63, 3.8) is 0 Å². The fourth-order valence-electron chi connectivity index (χ4n) is 2.87. The van der Waals surface area contributed by atoms with Crippen molar-refractivity contribution < 1.29 is 27.5 Å². The molecule has 9 heteroatoms. The maximum absolute atomic E-state index is 13.3. The first-order valence-corrected chi connectivity index (χ1v) is 8.31. The molecule has 1 unspecified atom stereocenters. The molecule has 1 atom stereocenters. The first kappa shape index (κ1) is 19.8. The maximum Gasteiger partial charge on any atom is 0.411 e. The number of fused-ring (bicyclic) bond motifs is 1. The van der Waals surface area contributed by atoms with E-state index >= 15 is 0 Å². The third-order valence-electron chi connectivity index (χ3n) is 4.18. The highest BCUT2D eigenvalue weighted by Gasteiger charge is 2.49. The molecule has 3 rings (SSSR count). The molecule has 2 heterocycles. The van der Waals surface area contributed by atoms with Gasteiger partial charge in [-0.05, 0) is 50.2 Å². The summed E-state index contributed by atoms with van der Waals surface area (Å²) in [5.41, 5.74) is -0.955. The summed E-state index contributed by atoms with van der Waals surface area (Å²) in [6.45, 7) is 1.91. The molecule has 2 N–H and O–H groups in total. The Kier molecular flexibility index (Phi) is 4.88. The van der Waals surface area contributed by atoms with Gasteiger partial charge in [-0.15, -0.1) is 0 Å². The number of rotatable bonds is 4. The largest absolute Gasteiger partial charge is 0.411 e. The van der Waals surface area contributed by atoms with Gasteiger partial charge >= 0.3 is 6.18 Å². The van der Waals surface area contributed by atoms with Gasteiger partial charge in [-0.25, -0.2) is 9.37 Å². The van der Waals surface area contributed by atoms with Gasteiger partial charge in [0.15, 0.2) is 6.04 Å². The molecule has 0 aliphatic carbocycles. The Balaban J connectivity index is 2.06. The Hall–Kier alpha value is -2.94. The van der Waals surface area contributed by atoms with E-state index in [1.165, 1.54) is 34.9 Å². The van der Waals surface area contributed by atoms with E-state index in [4.69, 9.17) is 0 Å². The SMILES string of the molecule is CC(C)(O)C(NC(=O)c1nc(-c2ccc(F)cc2)c2ccccn12)C(F)(F)F. The Labute approximate surface area is 157 Å². The molecule has 2 aromatic heterocycles. The number of carbonyl (C=O) groups is 1. The van der Waals surface area contributed by atoms with Crippen molar-refractivity contribution in [3.8, 4) is 11.3 Å². The average molecular weight is 395 g/mol. The molecular formula is C19H17F4N3O2. The summed E-state index contributed by atoms with van der Waals surface area (Å²) >= 11 is 0. The molecule has 0 saturated heterocycles. The molecule has 0 radical (unpaired) electrons. The predicted molar refractivity (Wildman–Crippen MR) is 94.2 cm³/mol. The van der Waals surface area contributed by atoms with Gasteiger partial charge in [-0.2, -0.15) is 13.2 Å². The van der Waals surface area contributed by atoms with Gasteiger partial charge in [-0.1, -0.05) is 6.07 Å². The molecule has 148 valence electrons. The number of halogens is 4. The highest BCUT2D eigenvalue weighted by molar-refractivity contribution is 5.94. The van der Waals surface area contributed by atoms with Crippen molar-refractivity contribution in [2.24, 2.45) is 0 Å². The molecule has 0 aliphatic rings. The summed E-state index contributed by atoms with van der Waals surface area (Å²) in [5, 5.41) is 11.7. The van der Waals surface area contributed by atoms with E-state index in [1.54, 1.807) is 18.2 Å². The van der Waals surface area contributed by atoms with Gasteiger partial charge in [-0.3, -0.25) is 9.20 Å². The lowest BCUT2D eigenvalue weighted by molar-refractivity contribution is -0.192. The Morgan fingerprint density at radius 3 is 2.36 bits per heavy atom. The van der Waals surface area contributed by atoms with E-state index in [0.29, 0.717) is 16.8 Å². The van der Waals surface area contributed by atoms with E-state index in [-0.39, 0.29) is 5.82 Å². The second-order valence-corrected chi connectivity index (χ2v) is 6.85. The lowest BCUT2D eigenvalue weighted by Crippen LogP contribution is -2.57. The van der Waals surface area contributed by atoms with Crippen molar-refractivity contribution in [3.05, 3.63) is 60.3 Å². The number of hydrogen-bond acceptors (Lipinski definition) is 3. The fraction of sp³-hybridized carbons (Fsp3) is 0.263. The van der Waals surface area contributed by atoms with Crippen LogP contribution in [0.3, 0.4) is 0 Å². The summed E-state index contributed by atoms with van der Waals surface area (Å²) in [4.78, 5) is 16.8. The number of imidazole rings is 1. The minimum atomic E-state index is -4.86. The van der Waals surface area contributed by atoms with Crippen LogP contribution in [0, 0.1) is 5.82 Å². The standard InChI is InChI=1S/C19H17F4N3O2/c1-18(2,28)17(19(21,22)23)25-16(27)15-24-14(11-6-8-12(20)9-7-11)13-5-3-4-10-26(13)15/h3-10,17,28H,1-2H3,(H,25,27). The molecule has 0 spiro atoms. The van der Waals surface area contributed by atoms with Crippen molar-refractivity contribution in [1.29, 1.82) is 0 Å². The topological polar surface area (TPSA) is 66.6 Å². The van der Waals surface area contributed by atoms with Gasteiger partial charge in [0.05, 0.1) is 16.8 Å². The van der Waals surface area contributed by atoms with Gasteiger partial charge in [0, 0.05) is 11.8 Å². The number of alkyl halides is 3. The number of amides is 1. The number of nitrogens with zero attached hydrogens (tertiary/aromatic N) is 2. The summed E-state index contributed by atoms with van der Waals surface area (Å²) in [6, 6.07) is 7.79. The van der Waals surface area contributed by atoms with Gasteiger partial charge in [0.2, 0.25) is 5.82 Å². The number of benzene rings is 1. The van der Waals surface area contributed by atoms with Crippen LogP contribution in [0.15, 0.2) is 48.7 Å². The van der Waals surface area contributed by atoms with Crippen LogP contribution in [0.4, 0.5) is 17.6 Å². The van der Waals surface area contributed by atoms with E-state index in [2.05, 4.69) is 4.98 Å². The Morgan fingerprint density at radius 2 is 1.79 bits per heavy atom. The van der Waals surface area contributed by atoms with Crippen LogP contribution in [0.25, 0.3) is 16.8 Å².